The van der Waals surface area contributed by atoms with Crippen molar-refractivity contribution in [2.24, 2.45) is 0 Å². The number of fused-ring (bicyclic) bond motifs is 1. The standard InChI is InChI=1S/C18H16N4O3/c1-22-7-8-25-16-10-13(5-6-15(16)22)17(23)21-18(24)20-14-4-2-3-12(9-14)11-19/h2-6,9-10H,7-8H2,1H3,(H2,20,21,23,24). The quantitative estimate of drug-likeness (QED) is 0.878. The first-order chi connectivity index (χ1) is 12.1. The lowest BCUT2D eigenvalue weighted by molar-refractivity contribution is 0.0966. The summed E-state index contributed by atoms with van der Waals surface area (Å²) in [6, 6.07) is 12.8. The molecule has 1 aliphatic heterocycles. The summed E-state index contributed by atoms with van der Waals surface area (Å²) in [5.41, 5.74) is 2.08. The van der Waals surface area contributed by atoms with E-state index >= 15 is 0 Å². The Balaban J connectivity index is 1.67. The summed E-state index contributed by atoms with van der Waals surface area (Å²) in [5, 5.41) is 13.6. The first-order valence-corrected chi connectivity index (χ1v) is 7.67. The molecule has 3 rings (SSSR count). The minimum atomic E-state index is -0.671. The number of nitriles is 1. The van der Waals surface area contributed by atoms with Gasteiger partial charge in [0, 0.05) is 18.3 Å². The molecule has 7 heteroatoms. The number of carbonyl (C=O) groups is 2. The monoisotopic (exact) mass is 336 g/mol. The molecule has 25 heavy (non-hydrogen) atoms. The number of amides is 3. The number of likely N-dealkylation sites (N-methyl/N-ethyl adjacent to an activating group) is 1. The van der Waals surface area contributed by atoms with E-state index in [9.17, 15) is 9.59 Å². The minimum absolute atomic E-state index is 0.329. The molecule has 0 atom stereocenters. The Labute approximate surface area is 144 Å². The molecule has 0 bridgehead atoms. The van der Waals surface area contributed by atoms with Crippen molar-refractivity contribution in [2.75, 3.05) is 30.4 Å². The largest absolute Gasteiger partial charge is 0.490 e. The number of nitrogens with zero attached hydrogens (tertiary/aromatic N) is 2. The van der Waals surface area contributed by atoms with Crippen molar-refractivity contribution in [3.63, 3.8) is 0 Å². The minimum Gasteiger partial charge on any atom is -0.490 e. The molecule has 0 aromatic heterocycles. The fourth-order valence-electron chi connectivity index (χ4n) is 2.50. The topological polar surface area (TPSA) is 94.5 Å². The molecule has 2 aromatic rings. The van der Waals surface area contributed by atoms with Gasteiger partial charge in [-0.3, -0.25) is 10.1 Å². The van der Waals surface area contributed by atoms with Gasteiger partial charge in [0.05, 0.1) is 23.9 Å². The summed E-state index contributed by atoms with van der Waals surface area (Å²) in [5.74, 6) is 0.0806. The van der Waals surface area contributed by atoms with Crippen LogP contribution in [0.15, 0.2) is 42.5 Å². The van der Waals surface area contributed by atoms with Crippen molar-refractivity contribution in [3.05, 3.63) is 53.6 Å². The lowest BCUT2D eigenvalue weighted by atomic mass is 10.1. The summed E-state index contributed by atoms with van der Waals surface area (Å²) in [7, 11) is 1.95. The molecule has 0 saturated carbocycles. The van der Waals surface area contributed by atoms with Crippen LogP contribution in [0.4, 0.5) is 16.2 Å². The first-order valence-electron chi connectivity index (χ1n) is 7.67. The molecule has 0 aliphatic carbocycles. The van der Waals surface area contributed by atoms with E-state index in [1.54, 1.807) is 36.4 Å². The Hall–Kier alpha value is -3.53. The van der Waals surface area contributed by atoms with Crippen LogP contribution in [0.1, 0.15) is 15.9 Å². The molecular weight excluding hydrogens is 320 g/mol. The molecule has 0 unspecified atom stereocenters. The van der Waals surface area contributed by atoms with Crippen LogP contribution in [0.2, 0.25) is 0 Å². The van der Waals surface area contributed by atoms with E-state index in [1.807, 2.05) is 18.0 Å². The Morgan fingerprint density at radius 3 is 2.88 bits per heavy atom. The maximum absolute atomic E-state index is 12.2. The molecule has 0 fully saturated rings. The third kappa shape index (κ3) is 3.70. The second-order valence-electron chi connectivity index (χ2n) is 5.55. The molecule has 0 saturated heterocycles. The molecule has 1 aliphatic rings. The molecular formula is C18H16N4O3. The van der Waals surface area contributed by atoms with Crippen molar-refractivity contribution in [3.8, 4) is 11.8 Å². The Kier molecular flexibility index (Phi) is 4.53. The van der Waals surface area contributed by atoms with E-state index in [2.05, 4.69) is 10.6 Å². The van der Waals surface area contributed by atoms with Crippen LogP contribution in [0.3, 0.4) is 0 Å². The van der Waals surface area contributed by atoms with Gasteiger partial charge in [-0.05, 0) is 36.4 Å². The van der Waals surface area contributed by atoms with Crippen LogP contribution >= 0.6 is 0 Å². The number of hydrogen-bond donors (Lipinski definition) is 2. The van der Waals surface area contributed by atoms with Gasteiger partial charge in [-0.1, -0.05) is 6.07 Å². The molecule has 0 radical (unpaired) electrons. The number of imide groups is 1. The van der Waals surface area contributed by atoms with Gasteiger partial charge in [0.1, 0.15) is 12.4 Å². The van der Waals surface area contributed by atoms with E-state index in [4.69, 9.17) is 10.00 Å². The molecule has 7 nitrogen and oxygen atoms in total. The second kappa shape index (κ2) is 6.93. The highest BCUT2D eigenvalue weighted by Crippen LogP contribution is 2.31. The Morgan fingerprint density at radius 1 is 1.24 bits per heavy atom. The van der Waals surface area contributed by atoms with Crippen molar-refractivity contribution < 1.29 is 14.3 Å². The number of anilines is 2. The Bertz CT molecular complexity index is 873. The molecule has 3 amide bonds. The van der Waals surface area contributed by atoms with Gasteiger partial charge in [0.25, 0.3) is 5.91 Å². The van der Waals surface area contributed by atoms with E-state index in [0.29, 0.717) is 29.2 Å². The van der Waals surface area contributed by atoms with Crippen LogP contribution in [-0.4, -0.2) is 32.1 Å². The summed E-state index contributed by atoms with van der Waals surface area (Å²) < 4.78 is 5.56. The third-order valence-electron chi connectivity index (χ3n) is 3.79. The third-order valence-corrected chi connectivity index (χ3v) is 3.79. The molecule has 2 aromatic carbocycles. The highest BCUT2D eigenvalue weighted by Gasteiger charge is 2.18. The molecule has 1 heterocycles. The number of nitrogens with one attached hydrogen (secondary N) is 2. The summed E-state index contributed by atoms with van der Waals surface area (Å²) >= 11 is 0. The smallest absolute Gasteiger partial charge is 0.326 e. The lowest BCUT2D eigenvalue weighted by Crippen LogP contribution is -2.34. The number of rotatable bonds is 2. The zero-order valence-corrected chi connectivity index (χ0v) is 13.6. The number of benzene rings is 2. The predicted molar refractivity (Wildman–Crippen MR) is 92.8 cm³/mol. The van der Waals surface area contributed by atoms with E-state index in [-0.39, 0.29) is 0 Å². The van der Waals surface area contributed by atoms with E-state index < -0.39 is 11.9 Å². The zero-order valence-electron chi connectivity index (χ0n) is 13.6. The fourth-order valence-corrected chi connectivity index (χ4v) is 2.50. The summed E-state index contributed by atoms with van der Waals surface area (Å²) in [6.07, 6.45) is 0. The van der Waals surface area contributed by atoms with Crippen molar-refractivity contribution in [2.45, 2.75) is 0 Å². The van der Waals surface area contributed by atoms with E-state index in [1.165, 1.54) is 6.07 Å². The first kappa shape index (κ1) is 16.3. The SMILES string of the molecule is CN1CCOc2cc(C(=O)NC(=O)Nc3cccc(C#N)c3)ccc21. The number of carbonyl (C=O) groups excluding carboxylic acids is 2. The van der Waals surface area contributed by atoms with Gasteiger partial charge < -0.3 is 15.0 Å². The normalized spacial score (nSPS) is 12.4. The summed E-state index contributed by atoms with van der Waals surface area (Å²) in [6.45, 7) is 1.33. The second-order valence-corrected chi connectivity index (χ2v) is 5.55. The van der Waals surface area contributed by atoms with Gasteiger partial charge >= 0.3 is 6.03 Å². The van der Waals surface area contributed by atoms with Crippen molar-refractivity contribution >= 4 is 23.3 Å². The highest BCUT2D eigenvalue weighted by molar-refractivity contribution is 6.08. The number of urea groups is 1. The predicted octanol–water partition coefficient (Wildman–Crippen LogP) is 2.35. The van der Waals surface area contributed by atoms with E-state index in [0.717, 1.165) is 12.2 Å². The highest BCUT2D eigenvalue weighted by atomic mass is 16.5. The average molecular weight is 336 g/mol. The van der Waals surface area contributed by atoms with Crippen molar-refractivity contribution in [1.82, 2.24) is 5.32 Å². The Morgan fingerprint density at radius 2 is 2.08 bits per heavy atom. The maximum atomic E-state index is 12.2. The van der Waals surface area contributed by atoms with Gasteiger partial charge in [0.15, 0.2) is 0 Å². The zero-order chi connectivity index (χ0) is 17.8. The van der Waals surface area contributed by atoms with Crippen LogP contribution in [0.5, 0.6) is 5.75 Å². The summed E-state index contributed by atoms with van der Waals surface area (Å²) in [4.78, 5) is 26.3. The van der Waals surface area contributed by atoms with Crippen LogP contribution in [0.25, 0.3) is 0 Å². The van der Waals surface area contributed by atoms with Gasteiger partial charge in [0.2, 0.25) is 0 Å². The molecule has 2 N–H and O–H groups in total. The maximum Gasteiger partial charge on any atom is 0.326 e. The number of hydrogen-bond acceptors (Lipinski definition) is 5. The van der Waals surface area contributed by atoms with Crippen LogP contribution < -0.4 is 20.3 Å². The van der Waals surface area contributed by atoms with Crippen LogP contribution in [-0.2, 0) is 0 Å². The average Bonchev–Trinajstić information content (AvgIpc) is 2.61. The van der Waals surface area contributed by atoms with Crippen molar-refractivity contribution in [1.29, 1.82) is 5.26 Å². The van der Waals surface area contributed by atoms with Gasteiger partial charge in [-0.2, -0.15) is 5.26 Å². The van der Waals surface area contributed by atoms with Gasteiger partial charge in [-0.15, -0.1) is 0 Å². The lowest BCUT2D eigenvalue weighted by Gasteiger charge is -2.27. The van der Waals surface area contributed by atoms with Gasteiger partial charge in [-0.25, -0.2) is 4.79 Å². The fraction of sp³-hybridized carbons (Fsp3) is 0.167. The van der Waals surface area contributed by atoms with Crippen LogP contribution in [0, 0.1) is 11.3 Å². The molecule has 0 spiro atoms. The number of ether oxygens (including phenoxy) is 1. The molecule has 126 valence electrons.